The van der Waals surface area contributed by atoms with E-state index in [9.17, 15) is 9.59 Å². The lowest BCUT2D eigenvalue weighted by Crippen LogP contribution is -2.32. The van der Waals surface area contributed by atoms with Crippen molar-refractivity contribution in [3.05, 3.63) is 76.4 Å². The van der Waals surface area contributed by atoms with Crippen LogP contribution >= 0.6 is 23.2 Å². The summed E-state index contributed by atoms with van der Waals surface area (Å²) in [7, 11) is 0. The average molecular weight is 497 g/mol. The van der Waals surface area contributed by atoms with Gasteiger partial charge in [-0.3, -0.25) is 9.59 Å². The van der Waals surface area contributed by atoms with Crippen molar-refractivity contribution in [1.29, 1.82) is 0 Å². The van der Waals surface area contributed by atoms with Crippen molar-refractivity contribution in [3.63, 3.8) is 0 Å². The molecule has 0 saturated heterocycles. The summed E-state index contributed by atoms with van der Waals surface area (Å²) < 4.78 is 1.71. The SMILES string of the molecule is CCC(=O)NCC(=O)Nc1ccc(-c2cc(NCc3ccc(Cl)cc3Cl)n3nccc3n2)cc1. The number of aromatic nitrogens is 3. The highest BCUT2D eigenvalue weighted by Crippen LogP contribution is 2.26. The summed E-state index contributed by atoms with van der Waals surface area (Å²) in [5, 5.41) is 14.2. The van der Waals surface area contributed by atoms with Crippen LogP contribution in [0.2, 0.25) is 10.0 Å². The van der Waals surface area contributed by atoms with E-state index in [2.05, 4.69) is 26.0 Å². The lowest BCUT2D eigenvalue weighted by Gasteiger charge is -2.12. The van der Waals surface area contributed by atoms with Crippen LogP contribution < -0.4 is 16.0 Å². The third kappa shape index (κ3) is 5.65. The molecule has 0 aliphatic rings. The molecule has 10 heteroatoms. The molecule has 2 amide bonds. The van der Waals surface area contributed by atoms with Gasteiger partial charge in [0.25, 0.3) is 0 Å². The first kappa shape index (κ1) is 23.5. The van der Waals surface area contributed by atoms with Gasteiger partial charge in [0.15, 0.2) is 5.65 Å². The minimum atomic E-state index is -0.291. The zero-order valence-electron chi connectivity index (χ0n) is 18.3. The molecule has 0 spiro atoms. The van der Waals surface area contributed by atoms with Crippen LogP contribution in [0.5, 0.6) is 0 Å². The van der Waals surface area contributed by atoms with E-state index in [1.807, 2.05) is 30.3 Å². The van der Waals surface area contributed by atoms with Crippen molar-refractivity contribution in [2.24, 2.45) is 0 Å². The van der Waals surface area contributed by atoms with Gasteiger partial charge in [-0.05, 0) is 29.8 Å². The molecule has 2 aromatic carbocycles. The van der Waals surface area contributed by atoms with Crippen LogP contribution in [-0.4, -0.2) is 33.0 Å². The number of rotatable bonds is 8. The van der Waals surface area contributed by atoms with E-state index >= 15 is 0 Å². The summed E-state index contributed by atoms with van der Waals surface area (Å²) in [6.07, 6.45) is 2.02. The quantitative estimate of drug-likeness (QED) is 0.325. The Morgan fingerprint density at radius 1 is 1.00 bits per heavy atom. The fourth-order valence-corrected chi connectivity index (χ4v) is 3.75. The van der Waals surface area contributed by atoms with Crippen molar-refractivity contribution in [1.82, 2.24) is 19.9 Å². The molecule has 0 aliphatic carbocycles. The van der Waals surface area contributed by atoms with Gasteiger partial charge in [-0.2, -0.15) is 9.61 Å². The summed E-state index contributed by atoms with van der Waals surface area (Å²) in [4.78, 5) is 28.0. The first-order valence-electron chi connectivity index (χ1n) is 10.6. The number of hydrogen-bond donors (Lipinski definition) is 3. The number of carbonyl (C=O) groups is 2. The molecule has 3 N–H and O–H groups in total. The molecule has 4 rings (SSSR count). The molecule has 0 bridgehead atoms. The van der Waals surface area contributed by atoms with Crippen LogP contribution in [0.25, 0.3) is 16.9 Å². The third-order valence-corrected chi connectivity index (χ3v) is 5.65. The topological polar surface area (TPSA) is 100 Å². The second kappa shape index (κ2) is 10.5. The van der Waals surface area contributed by atoms with Gasteiger partial charge in [0.1, 0.15) is 5.82 Å². The van der Waals surface area contributed by atoms with Gasteiger partial charge in [-0.15, -0.1) is 0 Å². The normalized spacial score (nSPS) is 10.8. The highest BCUT2D eigenvalue weighted by Gasteiger charge is 2.10. The Balaban J connectivity index is 1.50. The zero-order valence-corrected chi connectivity index (χ0v) is 19.8. The molecule has 0 saturated carbocycles. The second-order valence-electron chi connectivity index (χ2n) is 7.47. The van der Waals surface area contributed by atoms with Crippen molar-refractivity contribution in [2.45, 2.75) is 19.9 Å². The van der Waals surface area contributed by atoms with Crippen LogP contribution in [0.4, 0.5) is 11.5 Å². The largest absolute Gasteiger partial charge is 0.366 e. The number of nitrogens with one attached hydrogen (secondary N) is 3. The van der Waals surface area contributed by atoms with Crippen molar-refractivity contribution < 1.29 is 9.59 Å². The summed E-state index contributed by atoms with van der Waals surface area (Å²) in [5.41, 5.74) is 3.83. The Labute approximate surface area is 206 Å². The smallest absolute Gasteiger partial charge is 0.243 e. The average Bonchev–Trinajstić information content (AvgIpc) is 3.31. The highest BCUT2D eigenvalue weighted by atomic mass is 35.5. The summed E-state index contributed by atoms with van der Waals surface area (Å²) in [5.74, 6) is 0.287. The highest BCUT2D eigenvalue weighted by molar-refractivity contribution is 6.35. The fraction of sp³-hybridized carbons (Fsp3) is 0.167. The molecule has 34 heavy (non-hydrogen) atoms. The van der Waals surface area contributed by atoms with E-state index in [0.717, 1.165) is 22.6 Å². The lowest BCUT2D eigenvalue weighted by atomic mass is 10.1. The summed E-state index contributed by atoms with van der Waals surface area (Å²) in [6, 6.07) is 16.4. The molecule has 0 atom stereocenters. The number of anilines is 2. The number of benzene rings is 2. The standard InChI is InChI=1S/C24H22Cl2N6O2/c1-2-23(33)28-14-24(34)30-18-7-4-15(5-8-18)20-12-22(32-21(31-20)9-10-29-32)27-13-16-3-6-17(25)11-19(16)26/h3-12,27H,2,13-14H2,1H3,(H,28,33)(H,30,34). The van der Waals surface area contributed by atoms with Crippen molar-refractivity contribution in [3.8, 4) is 11.3 Å². The zero-order chi connectivity index (χ0) is 24.1. The van der Waals surface area contributed by atoms with E-state index < -0.39 is 0 Å². The fourth-order valence-electron chi connectivity index (χ4n) is 3.27. The van der Waals surface area contributed by atoms with Gasteiger partial charge in [0.2, 0.25) is 11.8 Å². The number of halogens is 2. The van der Waals surface area contributed by atoms with Crippen LogP contribution in [0, 0.1) is 0 Å². The molecule has 2 aromatic heterocycles. The molecule has 8 nitrogen and oxygen atoms in total. The number of nitrogens with zero attached hydrogens (tertiary/aromatic N) is 3. The van der Waals surface area contributed by atoms with Crippen molar-refractivity contribution in [2.75, 3.05) is 17.2 Å². The van der Waals surface area contributed by atoms with E-state index in [0.29, 0.717) is 34.3 Å². The molecule has 4 aromatic rings. The molecule has 0 aliphatic heterocycles. The molecule has 0 unspecified atom stereocenters. The Bertz CT molecular complexity index is 1340. The number of carbonyl (C=O) groups excluding carboxylic acids is 2. The minimum absolute atomic E-state index is 0.0689. The predicted molar refractivity (Wildman–Crippen MR) is 134 cm³/mol. The van der Waals surface area contributed by atoms with Gasteiger partial charge in [0, 0.05) is 46.4 Å². The van der Waals surface area contributed by atoms with Crippen LogP contribution in [0.3, 0.4) is 0 Å². The maximum absolute atomic E-state index is 12.0. The lowest BCUT2D eigenvalue weighted by molar-refractivity contribution is -0.123. The predicted octanol–water partition coefficient (Wildman–Crippen LogP) is 4.78. The Morgan fingerprint density at radius 2 is 1.79 bits per heavy atom. The molecule has 0 fully saturated rings. The van der Waals surface area contributed by atoms with E-state index in [1.54, 1.807) is 41.9 Å². The molecular formula is C24H22Cl2N6O2. The van der Waals surface area contributed by atoms with Gasteiger partial charge < -0.3 is 16.0 Å². The van der Waals surface area contributed by atoms with Crippen LogP contribution in [0.1, 0.15) is 18.9 Å². The first-order chi connectivity index (χ1) is 16.4. The van der Waals surface area contributed by atoms with Gasteiger partial charge in [0.05, 0.1) is 18.4 Å². The summed E-state index contributed by atoms with van der Waals surface area (Å²) >= 11 is 12.3. The first-order valence-corrected chi connectivity index (χ1v) is 11.4. The molecule has 2 heterocycles. The number of hydrogen-bond acceptors (Lipinski definition) is 5. The molecular weight excluding hydrogens is 475 g/mol. The maximum Gasteiger partial charge on any atom is 0.243 e. The Morgan fingerprint density at radius 3 is 2.53 bits per heavy atom. The molecule has 0 radical (unpaired) electrons. The van der Waals surface area contributed by atoms with Gasteiger partial charge in [-0.25, -0.2) is 4.98 Å². The van der Waals surface area contributed by atoms with E-state index in [-0.39, 0.29) is 18.4 Å². The van der Waals surface area contributed by atoms with Crippen LogP contribution in [-0.2, 0) is 16.1 Å². The monoisotopic (exact) mass is 496 g/mol. The Hall–Kier alpha value is -3.62. The maximum atomic E-state index is 12.0. The second-order valence-corrected chi connectivity index (χ2v) is 8.32. The number of fused-ring (bicyclic) bond motifs is 1. The van der Waals surface area contributed by atoms with E-state index in [1.165, 1.54) is 0 Å². The summed E-state index contributed by atoms with van der Waals surface area (Å²) in [6.45, 7) is 2.14. The van der Waals surface area contributed by atoms with E-state index in [4.69, 9.17) is 23.2 Å². The number of amides is 2. The minimum Gasteiger partial charge on any atom is -0.366 e. The van der Waals surface area contributed by atoms with Gasteiger partial charge in [-0.1, -0.05) is 48.3 Å². The third-order valence-electron chi connectivity index (χ3n) is 5.07. The Kier molecular flexibility index (Phi) is 7.30. The van der Waals surface area contributed by atoms with Crippen molar-refractivity contribution >= 4 is 52.2 Å². The van der Waals surface area contributed by atoms with Gasteiger partial charge >= 0.3 is 0 Å². The van der Waals surface area contributed by atoms with Crippen LogP contribution in [0.15, 0.2) is 60.8 Å². The molecule has 174 valence electrons.